The molecule has 1 aliphatic heterocycles. The minimum atomic E-state index is -4.10. The number of carbonyl (C=O) groups excluding carboxylic acids is 2. The number of nitrogens with zero attached hydrogens (tertiary/aromatic N) is 1. The number of carboxylic acid groups (broad SMARTS) is 1. The van der Waals surface area contributed by atoms with Gasteiger partial charge in [-0.25, -0.2) is 0 Å². The summed E-state index contributed by atoms with van der Waals surface area (Å²) in [5, 5.41) is 12.7. The number of halogens is 3. The smallest absolute Gasteiger partial charge is 0.391 e. The molecule has 1 aromatic carbocycles. The molecule has 3 atom stereocenters. The van der Waals surface area contributed by atoms with Crippen molar-refractivity contribution in [3.8, 4) is 0 Å². The predicted molar refractivity (Wildman–Crippen MR) is 131 cm³/mol. The van der Waals surface area contributed by atoms with Gasteiger partial charge in [0.1, 0.15) is 6.04 Å². The number of hydrogen-bond acceptors (Lipinski definition) is 4. The van der Waals surface area contributed by atoms with Crippen LogP contribution in [0, 0.1) is 11.8 Å². The average Bonchev–Trinajstić information content (AvgIpc) is 3.15. The molecule has 4 N–H and O–H groups in total. The van der Waals surface area contributed by atoms with Gasteiger partial charge in [0.15, 0.2) is 0 Å². The third kappa shape index (κ3) is 6.64. The lowest BCUT2D eigenvalue weighted by Gasteiger charge is -2.38. The highest BCUT2D eigenvalue weighted by Crippen LogP contribution is 2.38. The Kier molecular flexibility index (Phi) is 8.46. The van der Waals surface area contributed by atoms with Crippen LogP contribution in [0.5, 0.6) is 0 Å². The maximum atomic E-state index is 13.0. The molecule has 204 valence electrons. The van der Waals surface area contributed by atoms with E-state index in [1.165, 1.54) is 4.90 Å². The molecule has 3 aliphatic rings. The second-order valence-electron chi connectivity index (χ2n) is 10.9. The molecule has 2 fully saturated rings. The topological polar surface area (TPSA) is 113 Å². The summed E-state index contributed by atoms with van der Waals surface area (Å²) < 4.78 is 39.1. The SMILES string of the molecule is NC(=O)C(CCC(=O)O)N1Cc2cc(C[C@H]3CCCC[C@@H]3NC3CCC(C(F)(F)F)CC3)ccc2C1=O. The van der Waals surface area contributed by atoms with E-state index >= 15 is 0 Å². The number of primary amides is 1. The fourth-order valence-electron chi connectivity index (χ4n) is 6.35. The van der Waals surface area contributed by atoms with Gasteiger partial charge >= 0.3 is 12.1 Å². The third-order valence-electron chi connectivity index (χ3n) is 8.38. The Balaban J connectivity index is 1.39. The number of alkyl halides is 3. The zero-order chi connectivity index (χ0) is 26.7. The van der Waals surface area contributed by atoms with Crippen molar-refractivity contribution in [1.82, 2.24) is 10.2 Å². The van der Waals surface area contributed by atoms with Crippen molar-refractivity contribution in [2.75, 3.05) is 0 Å². The molecular formula is C27H36F3N3O4. The van der Waals surface area contributed by atoms with Gasteiger partial charge in [-0.1, -0.05) is 25.0 Å². The summed E-state index contributed by atoms with van der Waals surface area (Å²) in [7, 11) is 0. The second kappa shape index (κ2) is 11.4. The van der Waals surface area contributed by atoms with Crippen molar-refractivity contribution in [3.05, 3.63) is 34.9 Å². The first-order valence-electron chi connectivity index (χ1n) is 13.3. The minimum absolute atomic E-state index is 0.0302. The van der Waals surface area contributed by atoms with E-state index in [9.17, 15) is 27.6 Å². The number of nitrogens with two attached hydrogens (primary N) is 1. The van der Waals surface area contributed by atoms with Crippen LogP contribution in [0.1, 0.15) is 85.7 Å². The minimum Gasteiger partial charge on any atom is -0.481 e. The highest BCUT2D eigenvalue weighted by Gasteiger charge is 2.42. The fourth-order valence-corrected chi connectivity index (χ4v) is 6.35. The van der Waals surface area contributed by atoms with Crippen LogP contribution in [0.15, 0.2) is 18.2 Å². The van der Waals surface area contributed by atoms with Crippen LogP contribution < -0.4 is 11.1 Å². The number of carboxylic acids is 1. The van der Waals surface area contributed by atoms with E-state index in [0.29, 0.717) is 24.3 Å². The van der Waals surface area contributed by atoms with Crippen molar-refractivity contribution < 1.29 is 32.7 Å². The van der Waals surface area contributed by atoms with Crippen molar-refractivity contribution in [1.29, 1.82) is 0 Å². The molecule has 10 heteroatoms. The summed E-state index contributed by atoms with van der Waals surface area (Å²) in [5.74, 6) is -2.92. The maximum Gasteiger partial charge on any atom is 0.391 e. The highest BCUT2D eigenvalue weighted by molar-refractivity contribution is 6.01. The van der Waals surface area contributed by atoms with E-state index in [4.69, 9.17) is 10.8 Å². The first-order chi connectivity index (χ1) is 17.5. The van der Waals surface area contributed by atoms with Gasteiger partial charge in [-0.15, -0.1) is 0 Å². The van der Waals surface area contributed by atoms with Crippen molar-refractivity contribution in [3.63, 3.8) is 0 Å². The molecule has 7 nitrogen and oxygen atoms in total. The van der Waals surface area contributed by atoms with Gasteiger partial charge in [0.05, 0.1) is 5.92 Å². The summed E-state index contributed by atoms with van der Waals surface area (Å²) in [5.41, 5.74) is 7.87. The van der Waals surface area contributed by atoms with Crippen molar-refractivity contribution >= 4 is 17.8 Å². The van der Waals surface area contributed by atoms with Gasteiger partial charge in [0.25, 0.3) is 5.91 Å². The lowest BCUT2D eigenvalue weighted by Crippen LogP contribution is -2.47. The van der Waals surface area contributed by atoms with Crippen LogP contribution in [0.2, 0.25) is 0 Å². The van der Waals surface area contributed by atoms with Crippen LogP contribution in [0.25, 0.3) is 0 Å². The number of fused-ring (bicyclic) bond motifs is 1. The Morgan fingerprint density at radius 1 is 1.11 bits per heavy atom. The van der Waals surface area contributed by atoms with Gasteiger partial charge in [0.2, 0.25) is 5.91 Å². The van der Waals surface area contributed by atoms with E-state index in [1.807, 2.05) is 12.1 Å². The lowest BCUT2D eigenvalue weighted by molar-refractivity contribution is -0.183. The van der Waals surface area contributed by atoms with E-state index in [2.05, 4.69) is 5.32 Å². The van der Waals surface area contributed by atoms with E-state index in [0.717, 1.165) is 43.2 Å². The standard InChI is InChI=1S/C27H36F3N3O4/c28-27(29,30)19-6-8-20(9-7-19)32-22-4-2-1-3-17(22)13-16-5-10-21-18(14-16)15-33(26(21)37)23(25(31)36)11-12-24(34)35/h5,10,14,17,19-20,22-23,32H,1-4,6-9,11-13,15H2,(H2,31,36)(H,34,35)/t17-,19?,20?,22+,23?/m1/s1. The van der Waals surface area contributed by atoms with Gasteiger partial charge in [-0.2, -0.15) is 13.2 Å². The molecule has 0 saturated heterocycles. The number of carbonyl (C=O) groups is 3. The summed E-state index contributed by atoms with van der Waals surface area (Å²) in [4.78, 5) is 37.2. The Bertz CT molecular complexity index is 1010. The molecule has 0 spiro atoms. The molecule has 0 aromatic heterocycles. The van der Waals surface area contributed by atoms with E-state index in [-0.39, 0.29) is 50.2 Å². The number of rotatable bonds is 9. The van der Waals surface area contributed by atoms with Crippen LogP contribution in [0.4, 0.5) is 13.2 Å². The van der Waals surface area contributed by atoms with Crippen LogP contribution >= 0.6 is 0 Å². The van der Waals surface area contributed by atoms with Gasteiger partial charge < -0.3 is 21.1 Å². The Hall–Kier alpha value is -2.62. The molecule has 2 amide bonds. The monoisotopic (exact) mass is 523 g/mol. The molecule has 1 heterocycles. The summed E-state index contributed by atoms with van der Waals surface area (Å²) in [6, 6.07) is 5.08. The summed E-state index contributed by atoms with van der Waals surface area (Å²) in [6.45, 7) is 0.212. The number of aliphatic carboxylic acids is 1. The van der Waals surface area contributed by atoms with Crippen LogP contribution in [-0.2, 0) is 22.6 Å². The van der Waals surface area contributed by atoms with Crippen molar-refractivity contribution in [2.24, 2.45) is 17.6 Å². The molecule has 2 aliphatic carbocycles. The van der Waals surface area contributed by atoms with Gasteiger partial charge in [-0.05, 0) is 74.5 Å². The molecule has 1 aromatic rings. The molecule has 0 bridgehead atoms. The second-order valence-corrected chi connectivity index (χ2v) is 10.9. The zero-order valence-electron chi connectivity index (χ0n) is 20.9. The molecule has 4 rings (SSSR count). The normalized spacial score (nSPS) is 27.1. The third-order valence-corrected chi connectivity index (χ3v) is 8.38. The Morgan fingerprint density at radius 2 is 1.81 bits per heavy atom. The number of amides is 2. The van der Waals surface area contributed by atoms with Crippen LogP contribution in [-0.4, -0.2) is 52.1 Å². The molecule has 0 radical (unpaired) electrons. The Morgan fingerprint density at radius 3 is 2.46 bits per heavy atom. The molecular weight excluding hydrogens is 487 g/mol. The number of benzene rings is 1. The zero-order valence-corrected chi connectivity index (χ0v) is 20.9. The molecule has 2 saturated carbocycles. The van der Waals surface area contributed by atoms with Crippen LogP contribution in [0.3, 0.4) is 0 Å². The Labute approximate surface area is 215 Å². The summed E-state index contributed by atoms with van der Waals surface area (Å²) in [6.07, 6.45) is 2.15. The number of nitrogens with one attached hydrogen (secondary N) is 1. The fraction of sp³-hybridized carbons (Fsp3) is 0.667. The van der Waals surface area contributed by atoms with E-state index in [1.54, 1.807) is 6.07 Å². The summed E-state index contributed by atoms with van der Waals surface area (Å²) >= 11 is 0. The number of hydrogen-bond donors (Lipinski definition) is 3. The predicted octanol–water partition coefficient (Wildman–Crippen LogP) is 4.17. The highest BCUT2D eigenvalue weighted by atomic mass is 19.4. The van der Waals surface area contributed by atoms with E-state index < -0.39 is 30.0 Å². The average molecular weight is 524 g/mol. The van der Waals surface area contributed by atoms with Gasteiger partial charge in [-0.3, -0.25) is 14.4 Å². The first kappa shape index (κ1) is 27.4. The van der Waals surface area contributed by atoms with Crippen molar-refractivity contribution in [2.45, 2.75) is 101 Å². The first-order valence-corrected chi connectivity index (χ1v) is 13.3. The lowest BCUT2D eigenvalue weighted by atomic mass is 9.78. The maximum absolute atomic E-state index is 13.0. The molecule has 1 unspecified atom stereocenters. The molecule has 37 heavy (non-hydrogen) atoms. The quantitative estimate of drug-likeness (QED) is 0.450. The van der Waals surface area contributed by atoms with Gasteiger partial charge in [0, 0.05) is 30.6 Å². The largest absolute Gasteiger partial charge is 0.481 e.